The predicted molar refractivity (Wildman–Crippen MR) is 66.9 cm³/mol. The van der Waals surface area contributed by atoms with Crippen LogP contribution in [0.15, 0.2) is 24.3 Å². The molecule has 0 amide bonds. The van der Waals surface area contributed by atoms with E-state index in [0.717, 1.165) is 11.0 Å². The summed E-state index contributed by atoms with van der Waals surface area (Å²) in [6.07, 6.45) is -0.305. The number of fused-ring (bicyclic) bond motifs is 1. The van der Waals surface area contributed by atoms with Gasteiger partial charge >= 0.3 is 5.97 Å². The molecule has 2 aromatic rings. The largest absolute Gasteiger partial charge is 0.480 e. The Morgan fingerprint density at radius 1 is 1.42 bits per heavy atom. The average Bonchev–Trinajstić information content (AvgIpc) is 2.78. The number of hydrogen-bond donors (Lipinski definition) is 1. The highest BCUT2D eigenvalue weighted by Crippen LogP contribution is 2.25. The number of carbonyl (C=O) groups is 1. The molecule has 6 heteroatoms. The quantitative estimate of drug-likeness (QED) is 0.900. The van der Waals surface area contributed by atoms with Gasteiger partial charge < -0.3 is 19.1 Å². The van der Waals surface area contributed by atoms with Crippen LogP contribution in [0.3, 0.4) is 0 Å². The molecule has 0 aliphatic carbocycles. The first-order chi connectivity index (χ1) is 9.25. The summed E-state index contributed by atoms with van der Waals surface area (Å²) >= 11 is 0. The van der Waals surface area contributed by atoms with Crippen LogP contribution in [0, 0.1) is 0 Å². The number of carboxylic acid groups (broad SMARTS) is 1. The lowest BCUT2D eigenvalue weighted by Gasteiger charge is -2.23. The van der Waals surface area contributed by atoms with E-state index in [-0.39, 0.29) is 12.6 Å². The van der Waals surface area contributed by atoms with Gasteiger partial charge in [0.1, 0.15) is 18.5 Å². The molecule has 6 nitrogen and oxygen atoms in total. The summed E-state index contributed by atoms with van der Waals surface area (Å²) in [6, 6.07) is 7.46. The van der Waals surface area contributed by atoms with Crippen molar-refractivity contribution in [2.75, 3.05) is 19.8 Å². The van der Waals surface area contributed by atoms with Gasteiger partial charge in [-0.25, -0.2) is 4.98 Å². The van der Waals surface area contributed by atoms with Crippen molar-refractivity contribution in [1.82, 2.24) is 9.55 Å². The van der Waals surface area contributed by atoms with Gasteiger partial charge in [-0.05, 0) is 12.1 Å². The van der Waals surface area contributed by atoms with Crippen LogP contribution in [-0.4, -0.2) is 40.4 Å². The topological polar surface area (TPSA) is 73.6 Å². The van der Waals surface area contributed by atoms with Gasteiger partial charge in [-0.3, -0.25) is 4.79 Å². The number of aromatic nitrogens is 2. The molecule has 1 fully saturated rings. The molecular weight excluding hydrogens is 248 g/mol. The van der Waals surface area contributed by atoms with Gasteiger partial charge in [0.25, 0.3) is 0 Å². The van der Waals surface area contributed by atoms with E-state index >= 15 is 0 Å². The van der Waals surface area contributed by atoms with Gasteiger partial charge in [0.05, 0.1) is 30.9 Å². The van der Waals surface area contributed by atoms with E-state index < -0.39 is 5.97 Å². The number of imidazole rings is 1. The lowest BCUT2D eigenvalue weighted by Crippen LogP contribution is -2.25. The molecule has 100 valence electrons. The Bertz CT molecular complexity index is 602. The molecule has 19 heavy (non-hydrogen) atoms. The Balaban J connectivity index is 2.07. The molecule has 1 aromatic heterocycles. The minimum absolute atomic E-state index is 0.129. The third-order valence-corrected chi connectivity index (χ3v) is 3.08. The Morgan fingerprint density at radius 2 is 2.26 bits per heavy atom. The van der Waals surface area contributed by atoms with Crippen molar-refractivity contribution in [3.05, 3.63) is 30.1 Å². The van der Waals surface area contributed by atoms with E-state index in [2.05, 4.69) is 4.98 Å². The molecule has 1 aliphatic heterocycles. The molecular formula is C13H14N2O4. The number of para-hydroxylation sites is 2. The van der Waals surface area contributed by atoms with Gasteiger partial charge in [0, 0.05) is 0 Å². The van der Waals surface area contributed by atoms with Crippen LogP contribution in [0.2, 0.25) is 0 Å². The fourth-order valence-corrected chi connectivity index (χ4v) is 2.28. The minimum atomic E-state index is -0.902. The summed E-state index contributed by atoms with van der Waals surface area (Å²) < 4.78 is 12.7. The highest BCUT2D eigenvalue weighted by molar-refractivity contribution is 5.78. The Hall–Kier alpha value is -1.92. The number of ether oxygens (including phenoxy) is 2. The molecule has 1 saturated heterocycles. The molecule has 1 N–H and O–H groups in total. The number of benzene rings is 1. The van der Waals surface area contributed by atoms with E-state index in [1.807, 2.05) is 24.3 Å². The molecule has 1 aromatic carbocycles. The first-order valence-electron chi connectivity index (χ1n) is 6.12. The van der Waals surface area contributed by atoms with Gasteiger partial charge in [-0.1, -0.05) is 12.1 Å². The third kappa shape index (κ3) is 2.32. The first-order valence-corrected chi connectivity index (χ1v) is 6.12. The Morgan fingerprint density at radius 3 is 3.00 bits per heavy atom. The lowest BCUT2D eigenvalue weighted by atomic mass is 10.3. The Labute approximate surface area is 109 Å². The molecule has 3 rings (SSSR count). The van der Waals surface area contributed by atoms with Crippen LogP contribution < -0.4 is 0 Å². The standard InChI is InChI=1S/C13H14N2O4/c16-12(17)7-15-10-4-2-1-3-9(10)14-13(15)11-8-18-5-6-19-11/h1-4,11H,5-8H2,(H,16,17). The van der Waals surface area contributed by atoms with Crippen molar-refractivity contribution < 1.29 is 19.4 Å². The maximum absolute atomic E-state index is 11.0. The summed E-state index contributed by atoms with van der Waals surface area (Å²) in [7, 11) is 0. The monoisotopic (exact) mass is 262 g/mol. The van der Waals surface area contributed by atoms with Gasteiger partial charge in [0.2, 0.25) is 0 Å². The maximum Gasteiger partial charge on any atom is 0.323 e. The van der Waals surface area contributed by atoms with E-state index in [1.165, 1.54) is 0 Å². The van der Waals surface area contributed by atoms with E-state index in [9.17, 15) is 4.79 Å². The van der Waals surface area contributed by atoms with Crippen molar-refractivity contribution in [2.24, 2.45) is 0 Å². The van der Waals surface area contributed by atoms with Gasteiger partial charge in [-0.15, -0.1) is 0 Å². The second-order valence-corrected chi connectivity index (χ2v) is 4.37. The molecule has 2 heterocycles. The molecule has 0 spiro atoms. The number of aliphatic carboxylic acids is 1. The fraction of sp³-hybridized carbons (Fsp3) is 0.385. The van der Waals surface area contributed by atoms with Crippen LogP contribution in [-0.2, 0) is 20.8 Å². The molecule has 1 unspecified atom stereocenters. The van der Waals surface area contributed by atoms with Crippen molar-refractivity contribution in [2.45, 2.75) is 12.6 Å². The Kier molecular flexibility index (Phi) is 3.18. The minimum Gasteiger partial charge on any atom is -0.480 e. The van der Waals surface area contributed by atoms with E-state index in [1.54, 1.807) is 4.57 Å². The summed E-state index contributed by atoms with van der Waals surface area (Å²) in [5.74, 6) is -0.288. The van der Waals surface area contributed by atoms with Crippen molar-refractivity contribution >= 4 is 17.0 Å². The highest BCUT2D eigenvalue weighted by Gasteiger charge is 2.24. The second kappa shape index (κ2) is 4.99. The maximum atomic E-state index is 11.0. The van der Waals surface area contributed by atoms with Crippen molar-refractivity contribution in [3.8, 4) is 0 Å². The van der Waals surface area contributed by atoms with Gasteiger partial charge in [0.15, 0.2) is 0 Å². The molecule has 0 saturated carbocycles. The molecule has 0 bridgehead atoms. The highest BCUT2D eigenvalue weighted by atomic mass is 16.6. The van der Waals surface area contributed by atoms with Crippen molar-refractivity contribution in [3.63, 3.8) is 0 Å². The normalized spacial score (nSPS) is 19.7. The van der Waals surface area contributed by atoms with Crippen LogP contribution in [0.5, 0.6) is 0 Å². The number of rotatable bonds is 3. The zero-order valence-corrected chi connectivity index (χ0v) is 10.3. The van der Waals surface area contributed by atoms with E-state index in [0.29, 0.717) is 25.6 Å². The fourth-order valence-electron chi connectivity index (χ4n) is 2.28. The number of carboxylic acids is 1. The van der Waals surface area contributed by atoms with Crippen LogP contribution in [0.25, 0.3) is 11.0 Å². The predicted octanol–water partition coefficient (Wildman–Crippen LogP) is 1.21. The average molecular weight is 262 g/mol. The summed E-state index contributed by atoms with van der Waals surface area (Å²) in [5, 5.41) is 9.05. The SMILES string of the molecule is O=C(O)Cn1c(C2COCCO2)nc2ccccc21. The van der Waals surface area contributed by atoms with Crippen LogP contribution >= 0.6 is 0 Å². The third-order valence-electron chi connectivity index (χ3n) is 3.08. The second-order valence-electron chi connectivity index (χ2n) is 4.37. The van der Waals surface area contributed by atoms with E-state index in [4.69, 9.17) is 14.6 Å². The molecule has 0 radical (unpaired) electrons. The van der Waals surface area contributed by atoms with Crippen molar-refractivity contribution in [1.29, 1.82) is 0 Å². The lowest BCUT2D eigenvalue weighted by molar-refractivity contribution is -0.138. The zero-order chi connectivity index (χ0) is 13.2. The zero-order valence-electron chi connectivity index (χ0n) is 10.3. The van der Waals surface area contributed by atoms with Crippen LogP contribution in [0.1, 0.15) is 11.9 Å². The summed E-state index contributed by atoms with van der Waals surface area (Å²) in [4.78, 5) is 15.5. The smallest absolute Gasteiger partial charge is 0.323 e. The van der Waals surface area contributed by atoms with Gasteiger partial charge in [-0.2, -0.15) is 0 Å². The number of nitrogens with zero attached hydrogens (tertiary/aromatic N) is 2. The summed E-state index contributed by atoms with van der Waals surface area (Å²) in [5.41, 5.74) is 1.57. The van der Waals surface area contributed by atoms with Crippen LogP contribution in [0.4, 0.5) is 0 Å². The molecule has 1 atom stereocenters. The number of hydrogen-bond acceptors (Lipinski definition) is 4. The summed E-state index contributed by atoms with van der Waals surface area (Å²) in [6.45, 7) is 1.34. The first kappa shape index (κ1) is 12.1. The molecule has 1 aliphatic rings.